The van der Waals surface area contributed by atoms with E-state index in [1.54, 1.807) is 6.42 Å². The Hall–Kier alpha value is -0.0800. The molecule has 2 heteroatoms. The van der Waals surface area contributed by atoms with Crippen LogP contribution in [0.15, 0.2) is 0 Å². The van der Waals surface area contributed by atoms with Gasteiger partial charge in [0, 0.05) is 19.1 Å². The highest BCUT2D eigenvalue weighted by Crippen LogP contribution is 2.47. The minimum Gasteiger partial charge on any atom is -0.315 e. The number of hydrogen-bond acceptors (Lipinski definition) is 2. The van der Waals surface area contributed by atoms with Crippen LogP contribution < -0.4 is 5.32 Å². The Balaban J connectivity index is 1.55. The van der Waals surface area contributed by atoms with E-state index in [1.165, 1.54) is 38.8 Å². The van der Waals surface area contributed by atoms with Gasteiger partial charge < -0.3 is 10.2 Å². The van der Waals surface area contributed by atoms with Gasteiger partial charge in [0.1, 0.15) is 0 Å². The zero-order valence-corrected chi connectivity index (χ0v) is 11.9. The molecule has 0 aromatic rings. The van der Waals surface area contributed by atoms with Crippen LogP contribution in [0.4, 0.5) is 0 Å². The van der Waals surface area contributed by atoms with Crippen molar-refractivity contribution in [2.45, 2.75) is 52.0 Å². The lowest BCUT2D eigenvalue weighted by Crippen LogP contribution is -2.37. The third-order valence-electron chi connectivity index (χ3n) is 5.28. The molecule has 0 radical (unpaired) electrons. The predicted octanol–water partition coefficient (Wildman–Crippen LogP) is 2.74. The van der Waals surface area contributed by atoms with Gasteiger partial charge in [-0.25, -0.2) is 0 Å². The lowest BCUT2D eigenvalue weighted by molar-refractivity contribution is 0.245. The van der Waals surface area contributed by atoms with Crippen molar-refractivity contribution in [2.24, 2.45) is 17.8 Å². The number of nitrogens with one attached hydrogen (secondary N) is 1. The molecule has 2 aliphatic carbocycles. The monoisotopic (exact) mass is 238 g/mol. The molecule has 0 aliphatic heterocycles. The molecule has 2 saturated carbocycles. The van der Waals surface area contributed by atoms with Crippen molar-refractivity contribution in [3.8, 4) is 0 Å². The molecule has 2 aliphatic rings. The Kier molecular flexibility index (Phi) is 4.87. The number of fused-ring (bicyclic) bond motifs is 2. The maximum atomic E-state index is 3.68. The standard InChI is InChI=1S/C15H30N2/c1-4-12(2)17(3)8-7-16-11-15-10-13-5-6-14(15)9-13/h12-16H,4-11H2,1-3H3. The number of hydrogen-bond donors (Lipinski definition) is 1. The van der Waals surface area contributed by atoms with Gasteiger partial charge >= 0.3 is 0 Å². The van der Waals surface area contributed by atoms with E-state index in [0.717, 1.165) is 30.3 Å². The fraction of sp³-hybridized carbons (Fsp3) is 1.00. The average Bonchev–Trinajstić information content (AvgIpc) is 2.95. The van der Waals surface area contributed by atoms with Gasteiger partial charge in [0.05, 0.1) is 0 Å². The molecule has 1 N–H and O–H groups in total. The molecule has 2 nitrogen and oxygen atoms in total. The van der Waals surface area contributed by atoms with Crippen molar-refractivity contribution in [2.75, 3.05) is 26.7 Å². The average molecular weight is 238 g/mol. The summed E-state index contributed by atoms with van der Waals surface area (Å²) in [5, 5.41) is 3.68. The predicted molar refractivity (Wildman–Crippen MR) is 74.2 cm³/mol. The van der Waals surface area contributed by atoms with Crippen LogP contribution in [-0.4, -0.2) is 37.6 Å². The first-order valence-corrected chi connectivity index (χ1v) is 7.61. The minimum absolute atomic E-state index is 0.722. The summed E-state index contributed by atoms with van der Waals surface area (Å²) in [6.45, 7) is 8.21. The molecule has 4 atom stereocenters. The molecule has 100 valence electrons. The van der Waals surface area contributed by atoms with Crippen molar-refractivity contribution in [3.63, 3.8) is 0 Å². The third kappa shape index (κ3) is 3.45. The fourth-order valence-corrected chi connectivity index (χ4v) is 3.70. The molecule has 2 rings (SSSR count). The van der Waals surface area contributed by atoms with Crippen LogP contribution in [0.5, 0.6) is 0 Å². The van der Waals surface area contributed by atoms with Crippen molar-refractivity contribution in [1.29, 1.82) is 0 Å². The summed E-state index contributed by atoms with van der Waals surface area (Å²) in [4.78, 5) is 2.47. The van der Waals surface area contributed by atoms with E-state index < -0.39 is 0 Å². The van der Waals surface area contributed by atoms with Crippen LogP contribution in [0.2, 0.25) is 0 Å². The summed E-state index contributed by atoms with van der Waals surface area (Å²) in [5.41, 5.74) is 0. The van der Waals surface area contributed by atoms with E-state index in [4.69, 9.17) is 0 Å². The highest BCUT2D eigenvalue weighted by molar-refractivity contribution is 4.90. The molecule has 0 aromatic carbocycles. The number of likely N-dealkylation sites (N-methyl/N-ethyl adjacent to an activating group) is 1. The summed E-state index contributed by atoms with van der Waals surface area (Å²) in [6, 6.07) is 0.722. The second kappa shape index (κ2) is 6.19. The van der Waals surface area contributed by atoms with Crippen molar-refractivity contribution in [1.82, 2.24) is 10.2 Å². The molecule has 0 amide bonds. The maximum Gasteiger partial charge on any atom is 0.0107 e. The molecule has 0 saturated heterocycles. The molecule has 0 aromatic heterocycles. The second-order valence-corrected chi connectivity index (χ2v) is 6.38. The summed E-state index contributed by atoms with van der Waals surface area (Å²) in [7, 11) is 2.24. The van der Waals surface area contributed by atoms with E-state index in [9.17, 15) is 0 Å². The van der Waals surface area contributed by atoms with E-state index in [1.807, 2.05) is 0 Å². The zero-order valence-electron chi connectivity index (χ0n) is 11.9. The Labute approximate surface area is 107 Å². The van der Waals surface area contributed by atoms with Crippen molar-refractivity contribution >= 4 is 0 Å². The molecular formula is C15H30N2. The smallest absolute Gasteiger partial charge is 0.0107 e. The maximum absolute atomic E-state index is 3.68. The Morgan fingerprint density at radius 3 is 2.71 bits per heavy atom. The first-order valence-electron chi connectivity index (χ1n) is 7.61. The van der Waals surface area contributed by atoms with E-state index in [0.29, 0.717) is 0 Å². The van der Waals surface area contributed by atoms with Gasteiger partial charge in [-0.3, -0.25) is 0 Å². The van der Waals surface area contributed by atoms with Gasteiger partial charge in [0.2, 0.25) is 0 Å². The van der Waals surface area contributed by atoms with Crippen molar-refractivity contribution in [3.05, 3.63) is 0 Å². The SMILES string of the molecule is CCC(C)N(C)CCNCC1CC2CCC1C2. The van der Waals surface area contributed by atoms with Gasteiger partial charge in [0.15, 0.2) is 0 Å². The molecule has 2 fully saturated rings. The fourth-order valence-electron chi connectivity index (χ4n) is 3.70. The van der Waals surface area contributed by atoms with Crippen LogP contribution in [0.1, 0.15) is 46.0 Å². The summed E-state index contributed by atoms with van der Waals surface area (Å²) in [5.74, 6) is 3.16. The topological polar surface area (TPSA) is 15.3 Å². The number of rotatable bonds is 7. The van der Waals surface area contributed by atoms with Gasteiger partial charge in [-0.2, -0.15) is 0 Å². The molecule has 4 unspecified atom stereocenters. The summed E-state index contributed by atoms with van der Waals surface area (Å²) in [6.07, 6.45) is 7.35. The molecular weight excluding hydrogens is 208 g/mol. The van der Waals surface area contributed by atoms with Gasteiger partial charge in [-0.1, -0.05) is 13.3 Å². The quantitative estimate of drug-likeness (QED) is 0.686. The largest absolute Gasteiger partial charge is 0.315 e. The van der Waals surface area contributed by atoms with Crippen LogP contribution in [0, 0.1) is 17.8 Å². The van der Waals surface area contributed by atoms with Crippen molar-refractivity contribution < 1.29 is 0 Å². The van der Waals surface area contributed by atoms with E-state index >= 15 is 0 Å². The third-order valence-corrected chi connectivity index (χ3v) is 5.28. The Morgan fingerprint density at radius 2 is 2.12 bits per heavy atom. The van der Waals surface area contributed by atoms with Gasteiger partial charge in [-0.05, 0) is 64.0 Å². The summed E-state index contributed by atoms with van der Waals surface area (Å²) >= 11 is 0. The van der Waals surface area contributed by atoms with Gasteiger partial charge in [0.25, 0.3) is 0 Å². The highest BCUT2D eigenvalue weighted by Gasteiger charge is 2.38. The van der Waals surface area contributed by atoms with Crippen LogP contribution in [0.3, 0.4) is 0 Å². The number of nitrogens with zero attached hydrogens (tertiary/aromatic N) is 1. The van der Waals surface area contributed by atoms with Crippen LogP contribution in [0.25, 0.3) is 0 Å². The lowest BCUT2D eigenvalue weighted by Gasteiger charge is -2.25. The Bertz CT molecular complexity index is 229. The van der Waals surface area contributed by atoms with Crippen LogP contribution >= 0.6 is 0 Å². The molecule has 0 heterocycles. The molecule has 0 spiro atoms. The molecule has 2 bridgehead atoms. The first kappa shape index (κ1) is 13.4. The summed E-state index contributed by atoms with van der Waals surface area (Å²) < 4.78 is 0. The van der Waals surface area contributed by atoms with Gasteiger partial charge in [-0.15, -0.1) is 0 Å². The lowest BCUT2D eigenvalue weighted by atomic mass is 9.89. The van der Waals surface area contributed by atoms with Crippen LogP contribution in [-0.2, 0) is 0 Å². The minimum atomic E-state index is 0.722. The van der Waals surface area contributed by atoms with E-state index in [2.05, 4.69) is 31.1 Å². The Morgan fingerprint density at radius 1 is 1.29 bits per heavy atom. The zero-order chi connectivity index (χ0) is 12.3. The second-order valence-electron chi connectivity index (χ2n) is 6.38. The molecule has 17 heavy (non-hydrogen) atoms. The van der Waals surface area contributed by atoms with E-state index in [-0.39, 0.29) is 0 Å². The normalized spacial score (nSPS) is 33.5. The highest BCUT2D eigenvalue weighted by atomic mass is 15.1. The first-order chi connectivity index (χ1) is 8.20.